The summed E-state index contributed by atoms with van der Waals surface area (Å²) in [6, 6.07) is 7.76. The van der Waals surface area contributed by atoms with Gasteiger partial charge in [-0.05, 0) is 37.0 Å². The van der Waals surface area contributed by atoms with Gasteiger partial charge in [-0.3, -0.25) is 0 Å². The van der Waals surface area contributed by atoms with Crippen LogP contribution in [0, 0.1) is 5.92 Å². The first-order valence-corrected chi connectivity index (χ1v) is 6.76. The van der Waals surface area contributed by atoms with E-state index in [2.05, 4.69) is 26.1 Å². The van der Waals surface area contributed by atoms with Crippen LogP contribution in [0.5, 0.6) is 0 Å². The van der Waals surface area contributed by atoms with Gasteiger partial charge < -0.3 is 16.0 Å². The average Bonchev–Trinajstić information content (AvgIpc) is 2.37. The average molecular weight is 263 g/mol. The molecule has 0 bridgehead atoms. The Morgan fingerprint density at radius 3 is 2.63 bits per heavy atom. The third-order valence-electron chi connectivity index (χ3n) is 3.21. The van der Waals surface area contributed by atoms with Crippen LogP contribution in [0.2, 0.25) is 0 Å². The van der Waals surface area contributed by atoms with Crippen LogP contribution in [0.3, 0.4) is 0 Å². The van der Waals surface area contributed by atoms with E-state index >= 15 is 0 Å². The first kappa shape index (κ1) is 15.5. The fourth-order valence-corrected chi connectivity index (χ4v) is 2.03. The van der Waals surface area contributed by atoms with Crippen LogP contribution in [0.15, 0.2) is 24.3 Å². The molecule has 1 aromatic rings. The Bertz CT molecular complexity index is 418. The second-order valence-corrected chi connectivity index (χ2v) is 5.42. The summed E-state index contributed by atoms with van der Waals surface area (Å²) in [6.07, 6.45) is 0.993. The lowest BCUT2D eigenvalue weighted by atomic mass is 10.0. The van der Waals surface area contributed by atoms with E-state index in [4.69, 9.17) is 5.73 Å². The lowest BCUT2D eigenvalue weighted by Gasteiger charge is -2.26. The van der Waals surface area contributed by atoms with Crippen molar-refractivity contribution < 1.29 is 4.79 Å². The minimum absolute atomic E-state index is 0.0812. The fourth-order valence-electron chi connectivity index (χ4n) is 2.03. The number of carbonyl (C=O) groups is 1. The van der Waals surface area contributed by atoms with Crippen molar-refractivity contribution in [3.63, 3.8) is 0 Å². The standard InChI is InChI=1S/C15H25N3O/c1-11(2)8-12(3)18(4)15(19)17-14-7-5-6-13(9-14)10-16/h5-7,9,11-12H,8,10,16H2,1-4H3,(H,17,19). The number of nitrogens with one attached hydrogen (secondary N) is 1. The third-order valence-corrected chi connectivity index (χ3v) is 3.21. The highest BCUT2D eigenvalue weighted by molar-refractivity contribution is 5.89. The molecule has 0 aromatic heterocycles. The Kier molecular flexibility index (Phi) is 5.83. The van der Waals surface area contributed by atoms with Gasteiger partial charge in [0.05, 0.1) is 0 Å². The van der Waals surface area contributed by atoms with E-state index < -0.39 is 0 Å². The lowest BCUT2D eigenvalue weighted by Crippen LogP contribution is -2.38. The molecule has 19 heavy (non-hydrogen) atoms. The van der Waals surface area contributed by atoms with Gasteiger partial charge in [0.2, 0.25) is 0 Å². The van der Waals surface area contributed by atoms with Crippen molar-refractivity contribution >= 4 is 11.7 Å². The Morgan fingerprint density at radius 1 is 1.37 bits per heavy atom. The highest BCUT2D eigenvalue weighted by Crippen LogP contribution is 2.14. The summed E-state index contributed by atoms with van der Waals surface area (Å²) in [4.78, 5) is 13.9. The molecular weight excluding hydrogens is 238 g/mol. The summed E-state index contributed by atoms with van der Waals surface area (Å²) < 4.78 is 0. The predicted molar refractivity (Wildman–Crippen MR) is 80.0 cm³/mol. The maximum Gasteiger partial charge on any atom is 0.321 e. The van der Waals surface area contributed by atoms with Crippen LogP contribution < -0.4 is 11.1 Å². The van der Waals surface area contributed by atoms with Crippen LogP contribution >= 0.6 is 0 Å². The number of rotatable bonds is 5. The molecule has 0 heterocycles. The summed E-state index contributed by atoms with van der Waals surface area (Å²) in [5.41, 5.74) is 7.39. The van der Waals surface area contributed by atoms with Gasteiger partial charge in [-0.15, -0.1) is 0 Å². The van der Waals surface area contributed by atoms with Gasteiger partial charge in [0.1, 0.15) is 0 Å². The van der Waals surface area contributed by atoms with E-state index in [1.165, 1.54) is 0 Å². The van der Waals surface area contributed by atoms with Gasteiger partial charge in [0, 0.05) is 25.3 Å². The van der Waals surface area contributed by atoms with Gasteiger partial charge in [-0.25, -0.2) is 4.79 Å². The van der Waals surface area contributed by atoms with Gasteiger partial charge in [0.25, 0.3) is 0 Å². The van der Waals surface area contributed by atoms with Crippen LogP contribution in [-0.2, 0) is 6.54 Å². The zero-order valence-corrected chi connectivity index (χ0v) is 12.3. The van der Waals surface area contributed by atoms with Crippen molar-refractivity contribution in [2.24, 2.45) is 11.7 Å². The number of benzene rings is 1. The van der Waals surface area contributed by atoms with Crippen LogP contribution in [0.4, 0.5) is 10.5 Å². The number of carbonyl (C=O) groups excluding carboxylic acids is 1. The van der Waals surface area contributed by atoms with Crippen molar-refractivity contribution in [3.05, 3.63) is 29.8 Å². The lowest BCUT2D eigenvalue weighted by molar-refractivity contribution is 0.200. The molecule has 106 valence electrons. The molecule has 0 radical (unpaired) electrons. The number of hydrogen-bond acceptors (Lipinski definition) is 2. The molecule has 4 nitrogen and oxygen atoms in total. The Hall–Kier alpha value is -1.55. The van der Waals surface area contributed by atoms with E-state index in [9.17, 15) is 4.79 Å². The van der Waals surface area contributed by atoms with Crippen molar-refractivity contribution in [1.29, 1.82) is 0 Å². The monoisotopic (exact) mass is 263 g/mol. The van der Waals surface area contributed by atoms with Crippen LogP contribution in [0.1, 0.15) is 32.8 Å². The molecule has 0 aliphatic rings. The molecule has 3 N–H and O–H groups in total. The molecule has 0 aliphatic carbocycles. The molecule has 0 aliphatic heterocycles. The van der Waals surface area contributed by atoms with Gasteiger partial charge >= 0.3 is 6.03 Å². The van der Waals surface area contributed by atoms with E-state index in [0.717, 1.165) is 17.7 Å². The topological polar surface area (TPSA) is 58.4 Å². The molecule has 1 aromatic carbocycles. The first-order chi connectivity index (χ1) is 8.93. The minimum atomic E-state index is -0.0812. The Labute approximate surface area is 116 Å². The number of nitrogens with zero attached hydrogens (tertiary/aromatic N) is 1. The van der Waals surface area contributed by atoms with Gasteiger partial charge in [-0.1, -0.05) is 26.0 Å². The van der Waals surface area contributed by atoms with Crippen LogP contribution in [-0.4, -0.2) is 24.0 Å². The molecule has 1 rings (SSSR count). The summed E-state index contributed by atoms with van der Waals surface area (Å²) in [5.74, 6) is 0.575. The normalized spacial score (nSPS) is 12.3. The zero-order valence-electron chi connectivity index (χ0n) is 12.3. The van der Waals surface area contributed by atoms with Crippen molar-refractivity contribution in [2.45, 2.75) is 39.8 Å². The first-order valence-electron chi connectivity index (χ1n) is 6.76. The number of amides is 2. The summed E-state index contributed by atoms with van der Waals surface area (Å²) in [6.45, 7) is 6.86. The maximum absolute atomic E-state index is 12.1. The van der Waals surface area contributed by atoms with Crippen LogP contribution in [0.25, 0.3) is 0 Å². The van der Waals surface area contributed by atoms with Gasteiger partial charge in [-0.2, -0.15) is 0 Å². The number of urea groups is 1. The molecule has 0 spiro atoms. The minimum Gasteiger partial charge on any atom is -0.326 e. The van der Waals surface area contributed by atoms with E-state index in [-0.39, 0.29) is 12.1 Å². The summed E-state index contributed by atoms with van der Waals surface area (Å²) in [5, 5.41) is 2.90. The zero-order chi connectivity index (χ0) is 14.4. The van der Waals surface area contributed by atoms with E-state index in [0.29, 0.717) is 12.5 Å². The van der Waals surface area contributed by atoms with E-state index in [1.54, 1.807) is 4.90 Å². The maximum atomic E-state index is 12.1. The van der Waals surface area contributed by atoms with Crippen molar-refractivity contribution in [1.82, 2.24) is 4.90 Å². The summed E-state index contributed by atoms with van der Waals surface area (Å²) in [7, 11) is 1.83. The largest absolute Gasteiger partial charge is 0.326 e. The fraction of sp³-hybridized carbons (Fsp3) is 0.533. The number of anilines is 1. The van der Waals surface area contributed by atoms with Crippen molar-refractivity contribution in [3.8, 4) is 0 Å². The third kappa shape index (κ3) is 4.91. The predicted octanol–water partition coefficient (Wildman–Crippen LogP) is 3.04. The quantitative estimate of drug-likeness (QED) is 0.857. The molecule has 2 amide bonds. The highest BCUT2D eigenvalue weighted by Gasteiger charge is 2.16. The number of nitrogens with two attached hydrogens (primary N) is 1. The molecule has 4 heteroatoms. The van der Waals surface area contributed by atoms with Crippen molar-refractivity contribution in [2.75, 3.05) is 12.4 Å². The second kappa shape index (κ2) is 7.14. The van der Waals surface area contributed by atoms with E-state index in [1.807, 2.05) is 31.3 Å². The molecule has 0 saturated heterocycles. The highest BCUT2D eigenvalue weighted by atomic mass is 16.2. The molecular formula is C15H25N3O. The summed E-state index contributed by atoms with van der Waals surface area (Å²) >= 11 is 0. The molecule has 1 atom stereocenters. The Morgan fingerprint density at radius 2 is 2.05 bits per heavy atom. The molecule has 1 unspecified atom stereocenters. The second-order valence-electron chi connectivity index (χ2n) is 5.42. The number of hydrogen-bond donors (Lipinski definition) is 2. The molecule has 0 fully saturated rings. The SMILES string of the molecule is CC(C)CC(C)N(C)C(=O)Nc1cccc(CN)c1. The Balaban J connectivity index is 2.62. The van der Waals surface area contributed by atoms with Gasteiger partial charge in [0.15, 0.2) is 0 Å². The smallest absolute Gasteiger partial charge is 0.321 e. The molecule has 0 saturated carbocycles.